The average Bonchev–Trinajstić information content (AvgIpc) is 2.91. The molecule has 0 saturated carbocycles. The number of benzene rings is 1. The minimum Gasteiger partial charge on any atom is -0.478 e. The van der Waals surface area contributed by atoms with Crippen LogP contribution in [0.3, 0.4) is 0 Å². The number of amides is 1. The van der Waals surface area contributed by atoms with Crippen molar-refractivity contribution in [3.8, 4) is 0 Å². The first kappa shape index (κ1) is 20.3. The van der Waals surface area contributed by atoms with Gasteiger partial charge < -0.3 is 24.8 Å². The zero-order valence-corrected chi connectivity index (χ0v) is 15.8. The highest BCUT2D eigenvalue weighted by Crippen LogP contribution is 2.27. The maximum atomic E-state index is 11.7. The van der Waals surface area contributed by atoms with Crippen molar-refractivity contribution in [3.63, 3.8) is 0 Å². The number of ether oxygens (including phenoxy) is 1. The Morgan fingerprint density at radius 1 is 1.15 bits per heavy atom. The number of carboxylic acids is 2. The second-order valence-electron chi connectivity index (χ2n) is 7.35. The molecule has 0 aliphatic carbocycles. The van der Waals surface area contributed by atoms with Crippen molar-refractivity contribution in [2.45, 2.75) is 45.8 Å². The maximum absolute atomic E-state index is 11.7. The number of carbonyl (C=O) groups excluding carboxylic acids is 1. The molecule has 8 nitrogen and oxygen atoms in total. The SMILES string of the molecule is C[C@H](CCNC(=O)OC(C)(C)C)n1c(C(=O)O)cc2ccc(C(=O)O)cc21. The molecule has 146 valence electrons. The zero-order chi connectivity index (χ0) is 20.4. The molecule has 2 aromatic rings. The number of carbonyl (C=O) groups is 3. The van der Waals surface area contributed by atoms with Crippen LogP contribution in [0.2, 0.25) is 0 Å². The summed E-state index contributed by atoms with van der Waals surface area (Å²) in [7, 11) is 0. The Morgan fingerprint density at radius 3 is 2.37 bits per heavy atom. The van der Waals surface area contributed by atoms with Gasteiger partial charge >= 0.3 is 18.0 Å². The van der Waals surface area contributed by atoms with E-state index in [9.17, 15) is 24.6 Å². The van der Waals surface area contributed by atoms with Gasteiger partial charge in [0.05, 0.1) is 5.56 Å². The molecule has 3 N–H and O–H groups in total. The van der Waals surface area contributed by atoms with Crippen LogP contribution in [0, 0.1) is 0 Å². The molecule has 0 unspecified atom stereocenters. The Labute approximate surface area is 156 Å². The molecule has 1 heterocycles. The molecule has 0 aliphatic rings. The Hall–Kier alpha value is -3.03. The highest BCUT2D eigenvalue weighted by molar-refractivity contribution is 5.98. The summed E-state index contributed by atoms with van der Waals surface area (Å²) >= 11 is 0. The van der Waals surface area contributed by atoms with Gasteiger partial charge in [0.2, 0.25) is 0 Å². The number of rotatable bonds is 6. The predicted octanol–water partition coefficient (Wildman–Crippen LogP) is 3.51. The quantitative estimate of drug-likeness (QED) is 0.710. The van der Waals surface area contributed by atoms with E-state index in [1.165, 1.54) is 18.2 Å². The van der Waals surface area contributed by atoms with Gasteiger partial charge in [0.1, 0.15) is 11.3 Å². The zero-order valence-electron chi connectivity index (χ0n) is 15.8. The summed E-state index contributed by atoms with van der Waals surface area (Å²) in [5, 5.41) is 22.0. The van der Waals surface area contributed by atoms with Crippen LogP contribution < -0.4 is 5.32 Å². The summed E-state index contributed by atoms with van der Waals surface area (Å²) in [5.41, 5.74) is 0.0722. The topological polar surface area (TPSA) is 118 Å². The van der Waals surface area contributed by atoms with Crippen LogP contribution in [-0.4, -0.2) is 45.0 Å². The van der Waals surface area contributed by atoms with Crippen LogP contribution in [0.15, 0.2) is 24.3 Å². The van der Waals surface area contributed by atoms with Crippen molar-refractivity contribution < 1.29 is 29.3 Å². The lowest BCUT2D eigenvalue weighted by Crippen LogP contribution is -2.33. The van der Waals surface area contributed by atoms with Gasteiger partial charge in [-0.1, -0.05) is 6.07 Å². The van der Waals surface area contributed by atoms with Gasteiger partial charge in [0.25, 0.3) is 0 Å². The highest BCUT2D eigenvalue weighted by atomic mass is 16.6. The van der Waals surface area contributed by atoms with E-state index >= 15 is 0 Å². The number of aromatic nitrogens is 1. The minimum atomic E-state index is -1.10. The molecule has 0 bridgehead atoms. The van der Waals surface area contributed by atoms with Crippen molar-refractivity contribution in [3.05, 3.63) is 35.5 Å². The first-order chi connectivity index (χ1) is 12.5. The largest absolute Gasteiger partial charge is 0.478 e. The lowest BCUT2D eigenvalue weighted by molar-refractivity contribution is 0.0523. The summed E-state index contributed by atoms with van der Waals surface area (Å²) in [4.78, 5) is 34.6. The standard InChI is InChI=1S/C19H24N2O6/c1-11(7-8-20-18(26)27-19(2,3)4)21-14-10-13(16(22)23)6-5-12(14)9-15(21)17(24)25/h5-6,9-11H,7-8H2,1-4H3,(H,20,26)(H,22,23)(H,24,25)/t11-/m1/s1. The van der Waals surface area contributed by atoms with E-state index in [0.717, 1.165) is 0 Å². The summed E-state index contributed by atoms with van der Waals surface area (Å²) < 4.78 is 6.75. The summed E-state index contributed by atoms with van der Waals surface area (Å²) in [6.07, 6.45) is -0.0978. The van der Waals surface area contributed by atoms with E-state index in [4.69, 9.17) is 4.74 Å². The first-order valence-corrected chi connectivity index (χ1v) is 8.58. The fourth-order valence-electron chi connectivity index (χ4n) is 2.82. The average molecular weight is 376 g/mol. The molecular formula is C19H24N2O6. The number of carboxylic acid groups (broad SMARTS) is 2. The third kappa shape index (κ3) is 4.99. The molecule has 1 atom stereocenters. The third-order valence-electron chi connectivity index (χ3n) is 3.98. The lowest BCUT2D eigenvalue weighted by atomic mass is 10.1. The van der Waals surface area contributed by atoms with Gasteiger partial charge in [-0.05, 0) is 52.3 Å². The van der Waals surface area contributed by atoms with Crippen molar-refractivity contribution in [1.82, 2.24) is 9.88 Å². The van der Waals surface area contributed by atoms with Crippen LogP contribution in [0.1, 0.15) is 61.0 Å². The molecule has 0 saturated heterocycles. The summed E-state index contributed by atoms with van der Waals surface area (Å²) in [6.45, 7) is 7.39. The summed E-state index contributed by atoms with van der Waals surface area (Å²) in [6, 6.07) is 5.72. The van der Waals surface area contributed by atoms with Crippen molar-refractivity contribution >= 4 is 28.9 Å². The molecule has 27 heavy (non-hydrogen) atoms. The van der Waals surface area contributed by atoms with Crippen LogP contribution in [0.5, 0.6) is 0 Å². The minimum absolute atomic E-state index is 0.0670. The van der Waals surface area contributed by atoms with Crippen LogP contribution in [-0.2, 0) is 4.74 Å². The number of fused-ring (bicyclic) bond motifs is 1. The Bertz CT molecular complexity index is 878. The molecular weight excluding hydrogens is 352 g/mol. The molecule has 2 rings (SSSR count). The van der Waals surface area contributed by atoms with Crippen molar-refractivity contribution in [1.29, 1.82) is 0 Å². The second kappa shape index (κ2) is 7.69. The van der Waals surface area contributed by atoms with Gasteiger partial charge in [-0.3, -0.25) is 0 Å². The third-order valence-corrected chi connectivity index (χ3v) is 3.98. The molecule has 1 amide bonds. The van der Waals surface area contributed by atoms with E-state index in [1.807, 2.05) is 6.92 Å². The molecule has 8 heteroatoms. The number of nitrogens with one attached hydrogen (secondary N) is 1. The van der Waals surface area contributed by atoms with E-state index in [0.29, 0.717) is 17.3 Å². The number of hydrogen-bond acceptors (Lipinski definition) is 4. The van der Waals surface area contributed by atoms with Gasteiger partial charge in [-0.2, -0.15) is 0 Å². The fraction of sp³-hybridized carbons (Fsp3) is 0.421. The van der Waals surface area contributed by atoms with Crippen molar-refractivity contribution in [2.24, 2.45) is 0 Å². The Balaban J connectivity index is 2.23. The number of nitrogens with zero attached hydrogens (tertiary/aromatic N) is 1. The summed E-state index contributed by atoms with van der Waals surface area (Å²) in [5.74, 6) is -2.18. The van der Waals surface area contributed by atoms with Crippen LogP contribution >= 0.6 is 0 Å². The van der Waals surface area contributed by atoms with E-state index in [1.54, 1.807) is 31.4 Å². The molecule has 1 aromatic carbocycles. The first-order valence-electron chi connectivity index (χ1n) is 8.58. The molecule has 0 spiro atoms. The number of hydrogen-bond donors (Lipinski definition) is 3. The van der Waals surface area contributed by atoms with E-state index in [-0.39, 0.29) is 23.8 Å². The van der Waals surface area contributed by atoms with Crippen molar-refractivity contribution in [2.75, 3.05) is 6.54 Å². The number of alkyl carbamates (subject to hydrolysis) is 1. The van der Waals surface area contributed by atoms with Crippen LogP contribution in [0.4, 0.5) is 4.79 Å². The van der Waals surface area contributed by atoms with Gasteiger partial charge in [-0.15, -0.1) is 0 Å². The predicted molar refractivity (Wildman–Crippen MR) is 99.4 cm³/mol. The number of aromatic carboxylic acids is 2. The Kier molecular flexibility index (Phi) is 5.78. The lowest BCUT2D eigenvalue weighted by Gasteiger charge is -2.21. The fourth-order valence-corrected chi connectivity index (χ4v) is 2.82. The van der Waals surface area contributed by atoms with E-state index < -0.39 is 23.6 Å². The molecule has 1 aromatic heterocycles. The molecule has 0 aliphatic heterocycles. The molecule has 0 radical (unpaired) electrons. The maximum Gasteiger partial charge on any atom is 0.407 e. The van der Waals surface area contributed by atoms with Gasteiger partial charge in [0, 0.05) is 23.5 Å². The monoisotopic (exact) mass is 376 g/mol. The molecule has 0 fully saturated rings. The van der Waals surface area contributed by atoms with E-state index in [2.05, 4.69) is 5.32 Å². The smallest absolute Gasteiger partial charge is 0.407 e. The Morgan fingerprint density at radius 2 is 1.81 bits per heavy atom. The van der Waals surface area contributed by atoms with Gasteiger partial charge in [-0.25, -0.2) is 14.4 Å². The second-order valence-corrected chi connectivity index (χ2v) is 7.35. The highest BCUT2D eigenvalue weighted by Gasteiger charge is 2.21. The van der Waals surface area contributed by atoms with Crippen LogP contribution in [0.25, 0.3) is 10.9 Å². The normalized spacial score (nSPS) is 12.6. The van der Waals surface area contributed by atoms with Gasteiger partial charge in [0.15, 0.2) is 0 Å².